The Morgan fingerprint density at radius 2 is 2.00 bits per heavy atom. The molecule has 3 nitrogen and oxygen atoms in total. The van der Waals surface area contributed by atoms with Gasteiger partial charge in [0.2, 0.25) is 0 Å². The molecule has 1 saturated carbocycles. The number of halogens is 3. The summed E-state index contributed by atoms with van der Waals surface area (Å²) in [5, 5.41) is 8.84. The van der Waals surface area contributed by atoms with E-state index in [4.69, 9.17) is 28.0 Å². The van der Waals surface area contributed by atoms with Crippen LogP contribution >= 0.6 is 35.6 Å². The highest BCUT2D eigenvalue weighted by Crippen LogP contribution is 2.50. The summed E-state index contributed by atoms with van der Waals surface area (Å²) in [5.41, 5.74) is 2.03. The summed E-state index contributed by atoms with van der Waals surface area (Å²) >= 11 is 12.1. The summed E-state index contributed by atoms with van der Waals surface area (Å²) in [6.45, 7) is 4.65. The third kappa shape index (κ3) is 2.91. The molecule has 110 valence electrons. The number of oxime groups is 1. The monoisotopic (exact) mass is 334 g/mol. The van der Waals surface area contributed by atoms with E-state index in [1.807, 2.05) is 25.1 Å². The lowest BCUT2D eigenvalue weighted by atomic mass is 10.0. The molecule has 1 heterocycles. The Balaban J connectivity index is 0.00000147. The van der Waals surface area contributed by atoms with Crippen LogP contribution in [-0.2, 0) is 4.84 Å². The molecule has 1 N–H and O–H groups in total. The van der Waals surface area contributed by atoms with Crippen molar-refractivity contribution in [3.8, 4) is 0 Å². The molecule has 3 rings (SSSR count). The molecule has 0 aromatic heterocycles. The van der Waals surface area contributed by atoms with E-state index < -0.39 is 0 Å². The van der Waals surface area contributed by atoms with Crippen molar-refractivity contribution in [3.05, 3.63) is 33.8 Å². The quantitative estimate of drug-likeness (QED) is 0.673. The average molecular weight is 336 g/mol. The van der Waals surface area contributed by atoms with Gasteiger partial charge in [0.1, 0.15) is 6.61 Å². The lowest BCUT2D eigenvalue weighted by Crippen LogP contribution is -2.20. The highest BCUT2D eigenvalue weighted by atomic mass is 35.5. The van der Waals surface area contributed by atoms with Crippen LogP contribution in [0.25, 0.3) is 0 Å². The van der Waals surface area contributed by atoms with Gasteiger partial charge in [-0.15, -0.1) is 12.4 Å². The number of nitrogens with zero attached hydrogens (tertiary/aromatic N) is 1. The second-order valence-corrected chi connectivity index (χ2v) is 5.85. The number of benzene rings is 1. The molecule has 0 amide bonds. The van der Waals surface area contributed by atoms with Crippen molar-refractivity contribution in [2.24, 2.45) is 22.9 Å². The van der Waals surface area contributed by atoms with Crippen molar-refractivity contribution >= 4 is 41.3 Å². The summed E-state index contributed by atoms with van der Waals surface area (Å²) in [6, 6.07) is 5.66. The first-order valence-corrected chi connectivity index (χ1v) is 7.34. The second-order valence-electron chi connectivity index (χ2n) is 5.03. The Labute approximate surface area is 135 Å². The summed E-state index contributed by atoms with van der Waals surface area (Å²) in [7, 11) is 0. The molecule has 1 aliphatic carbocycles. The van der Waals surface area contributed by atoms with Crippen LogP contribution in [0.5, 0.6) is 0 Å². The third-order valence-corrected chi connectivity index (χ3v) is 4.65. The van der Waals surface area contributed by atoms with Crippen LogP contribution in [-0.4, -0.2) is 25.4 Å². The van der Waals surface area contributed by atoms with Gasteiger partial charge in [0.25, 0.3) is 0 Å². The third-order valence-electron chi connectivity index (χ3n) is 3.91. The van der Waals surface area contributed by atoms with Gasteiger partial charge < -0.3 is 10.2 Å². The Bertz CT molecular complexity index is 511. The molecule has 1 aromatic carbocycles. The molecule has 2 fully saturated rings. The molecule has 1 aromatic rings. The van der Waals surface area contributed by atoms with Gasteiger partial charge in [-0.3, -0.25) is 0 Å². The standard InChI is InChI=1S/C14H16Cl2N2O.ClH/c1-2-19-18-14(13-9-6-17-7-10(9)13)8-3-4-11(15)12(16)5-8;/h3-5,9-10,13,17H,2,6-7H2,1H3;1H. The maximum atomic E-state index is 6.10. The zero-order chi connectivity index (χ0) is 13.4. The molecule has 0 bridgehead atoms. The number of hydrogen-bond donors (Lipinski definition) is 1. The van der Waals surface area contributed by atoms with Crippen molar-refractivity contribution in [2.75, 3.05) is 19.7 Å². The van der Waals surface area contributed by atoms with Crippen molar-refractivity contribution in [1.82, 2.24) is 5.32 Å². The zero-order valence-corrected chi connectivity index (χ0v) is 13.4. The first-order valence-electron chi connectivity index (χ1n) is 6.58. The van der Waals surface area contributed by atoms with Gasteiger partial charge in [0.15, 0.2) is 0 Å². The second kappa shape index (κ2) is 6.52. The summed E-state index contributed by atoms with van der Waals surface area (Å²) < 4.78 is 0. The number of fused-ring (bicyclic) bond motifs is 1. The fraction of sp³-hybridized carbons (Fsp3) is 0.500. The minimum atomic E-state index is 0. The van der Waals surface area contributed by atoms with Crippen LogP contribution in [0.2, 0.25) is 10.0 Å². The van der Waals surface area contributed by atoms with Crippen molar-refractivity contribution in [1.29, 1.82) is 0 Å². The lowest BCUT2D eigenvalue weighted by Gasteiger charge is -2.10. The predicted molar refractivity (Wildman–Crippen MR) is 85.2 cm³/mol. The molecule has 1 aliphatic heterocycles. The Morgan fingerprint density at radius 3 is 2.60 bits per heavy atom. The lowest BCUT2D eigenvalue weighted by molar-refractivity contribution is 0.158. The molecule has 0 spiro atoms. The summed E-state index contributed by atoms with van der Waals surface area (Å²) in [5.74, 6) is 1.87. The SMILES string of the molecule is CCON=C(c1ccc(Cl)c(Cl)c1)C1C2CNCC21.Cl. The molecule has 2 unspecified atom stereocenters. The molecule has 20 heavy (non-hydrogen) atoms. The van der Waals surface area contributed by atoms with Crippen LogP contribution in [0.3, 0.4) is 0 Å². The first-order chi connectivity index (χ1) is 9.22. The summed E-state index contributed by atoms with van der Waals surface area (Å²) in [6.07, 6.45) is 0. The molecular weight excluding hydrogens is 319 g/mol. The fourth-order valence-corrected chi connectivity index (χ4v) is 3.22. The predicted octanol–water partition coefficient (Wildman–Crippen LogP) is 3.62. The van der Waals surface area contributed by atoms with E-state index in [0.717, 1.165) is 24.4 Å². The number of hydrogen-bond acceptors (Lipinski definition) is 3. The van der Waals surface area contributed by atoms with E-state index in [2.05, 4.69) is 10.5 Å². The number of piperidine rings is 1. The van der Waals surface area contributed by atoms with E-state index in [0.29, 0.717) is 34.4 Å². The summed E-state index contributed by atoms with van der Waals surface area (Å²) in [4.78, 5) is 5.28. The van der Waals surface area contributed by atoms with Crippen molar-refractivity contribution < 1.29 is 4.84 Å². The van der Waals surface area contributed by atoms with Gasteiger partial charge >= 0.3 is 0 Å². The van der Waals surface area contributed by atoms with Gasteiger partial charge in [0, 0.05) is 11.5 Å². The van der Waals surface area contributed by atoms with E-state index in [-0.39, 0.29) is 12.4 Å². The van der Waals surface area contributed by atoms with Crippen LogP contribution < -0.4 is 5.32 Å². The van der Waals surface area contributed by atoms with Gasteiger partial charge in [-0.25, -0.2) is 0 Å². The van der Waals surface area contributed by atoms with Crippen LogP contribution in [0, 0.1) is 17.8 Å². The Kier molecular flexibility index (Phi) is 5.19. The Hall–Kier alpha value is -0.480. The maximum Gasteiger partial charge on any atom is 0.114 e. The zero-order valence-electron chi connectivity index (χ0n) is 11.1. The van der Waals surface area contributed by atoms with Crippen molar-refractivity contribution in [2.45, 2.75) is 6.92 Å². The smallest absolute Gasteiger partial charge is 0.114 e. The topological polar surface area (TPSA) is 33.6 Å². The van der Waals surface area contributed by atoms with Gasteiger partial charge in [-0.1, -0.05) is 34.4 Å². The largest absolute Gasteiger partial charge is 0.396 e. The Morgan fingerprint density at radius 1 is 1.30 bits per heavy atom. The van der Waals surface area contributed by atoms with Gasteiger partial charge in [-0.2, -0.15) is 0 Å². The first kappa shape index (κ1) is 15.9. The minimum absolute atomic E-state index is 0. The highest BCUT2D eigenvalue weighted by Gasteiger charge is 2.55. The molecule has 2 aliphatic rings. The molecular formula is C14H17Cl3N2O. The van der Waals surface area contributed by atoms with Gasteiger partial charge in [0.05, 0.1) is 15.8 Å². The molecule has 0 radical (unpaired) electrons. The highest BCUT2D eigenvalue weighted by molar-refractivity contribution is 6.42. The van der Waals surface area contributed by atoms with E-state index in [1.54, 1.807) is 0 Å². The number of rotatable bonds is 4. The average Bonchev–Trinajstić information content (AvgIpc) is 2.86. The molecule has 6 heteroatoms. The molecule has 2 atom stereocenters. The number of nitrogens with one attached hydrogen (secondary N) is 1. The van der Waals surface area contributed by atoms with Gasteiger partial charge in [-0.05, 0) is 44.0 Å². The fourth-order valence-electron chi connectivity index (χ4n) is 2.92. The maximum absolute atomic E-state index is 6.10. The van der Waals surface area contributed by atoms with Crippen LogP contribution in [0.4, 0.5) is 0 Å². The molecule has 1 saturated heterocycles. The normalized spacial score (nSPS) is 27.8. The van der Waals surface area contributed by atoms with Crippen LogP contribution in [0.15, 0.2) is 23.4 Å². The van der Waals surface area contributed by atoms with E-state index in [9.17, 15) is 0 Å². The van der Waals surface area contributed by atoms with Crippen molar-refractivity contribution in [3.63, 3.8) is 0 Å². The van der Waals surface area contributed by atoms with E-state index in [1.165, 1.54) is 0 Å². The minimum Gasteiger partial charge on any atom is -0.396 e. The van der Waals surface area contributed by atoms with E-state index >= 15 is 0 Å². The van der Waals surface area contributed by atoms with Crippen LogP contribution in [0.1, 0.15) is 12.5 Å².